The first kappa shape index (κ1) is 18.1. The molecule has 140 valence electrons. The third-order valence-electron chi connectivity index (χ3n) is 5.35. The number of aryl methyl sites for hydroxylation is 1. The Labute approximate surface area is 164 Å². The fourth-order valence-corrected chi connectivity index (χ4v) is 5.13. The molecule has 1 saturated heterocycles. The van der Waals surface area contributed by atoms with E-state index in [4.69, 9.17) is 0 Å². The van der Waals surface area contributed by atoms with E-state index < -0.39 is 0 Å². The zero-order valence-corrected chi connectivity index (χ0v) is 16.3. The van der Waals surface area contributed by atoms with Crippen LogP contribution in [0, 0.1) is 6.92 Å². The van der Waals surface area contributed by atoms with Crippen LogP contribution in [-0.4, -0.2) is 35.1 Å². The molecule has 0 aliphatic carbocycles. The molecule has 0 aromatic heterocycles. The second-order valence-corrected chi connectivity index (χ2v) is 8.71. The molecule has 2 amide bonds. The van der Waals surface area contributed by atoms with Crippen molar-refractivity contribution in [1.29, 1.82) is 0 Å². The molecule has 1 N–H and O–H groups in total. The Bertz CT molecular complexity index is 859. The quantitative estimate of drug-likeness (QED) is 0.874. The molecule has 0 bridgehead atoms. The molecule has 2 aliphatic rings. The van der Waals surface area contributed by atoms with E-state index >= 15 is 0 Å². The first-order chi connectivity index (χ1) is 13.1. The average Bonchev–Trinajstić information content (AvgIpc) is 2.98. The van der Waals surface area contributed by atoms with Gasteiger partial charge in [-0.3, -0.25) is 9.59 Å². The minimum atomic E-state index is -0.194. The number of thioether (sulfide) groups is 1. The number of hydrogen-bond donors (Lipinski definition) is 1. The van der Waals surface area contributed by atoms with Gasteiger partial charge in [0.25, 0.3) is 5.91 Å². The van der Waals surface area contributed by atoms with Gasteiger partial charge in [-0.2, -0.15) is 0 Å². The Hall–Kier alpha value is -2.27. The number of nitrogens with one attached hydrogen (secondary N) is 1. The minimum Gasteiger partial charge on any atom is -0.345 e. The number of hydrogen-bond acceptors (Lipinski definition) is 3. The van der Waals surface area contributed by atoms with Gasteiger partial charge in [0, 0.05) is 28.8 Å². The van der Waals surface area contributed by atoms with E-state index in [1.807, 2.05) is 40.9 Å². The zero-order valence-electron chi connectivity index (χ0n) is 15.5. The number of benzene rings is 2. The van der Waals surface area contributed by atoms with E-state index in [-0.39, 0.29) is 17.9 Å². The van der Waals surface area contributed by atoms with Crippen molar-refractivity contribution in [2.75, 3.05) is 13.1 Å². The molecule has 1 atom stereocenters. The molecule has 2 heterocycles. The van der Waals surface area contributed by atoms with Gasteiger partial charge in [0.15, 0.2) is 0 Å². The summed E-state index contributed by atoms with van der Waals surface area (Å²) in [6.45, 7) is 3.71. The van der Waals surface area contributed by atoms with Crippen LogP contribution in [-0.2, 0) is 4.79 Å². The summed E-state index contributed by atoms with van der Waals surface area (Å²) in [6.07, 6.45) is 2.37. The Balaban J connectivity index is 1.31. The lowest BCUT2D eigenvalue weighted by atomic mass is 10.0. The van der Waals surface area contributed by atoms with Crippen LogP contribution in [0.15, 0.2) is 53.4 Å². The van der Waals surface area contributed by atoms with Gasteiger partial charge in [-0.1, -0.05) is 35.9 Å². The van der Waals surface area contributed by atoms with Gasteiger partial charge in [0.2, 0.25) is 5.91 Å². The molecule has 4 nitrogen and oxygen atoms in total. The number of fused-ring (bicyclic) bond motifs is 1. The van der Waals surface area contributed by atoms with Gasteiger partial charge in [-0.05, 0) is 43.5 Å². The maximum absolute atomic E-state index is 12.7. The number of likely N-dealkylation sites (tertiary alicyclic amines) is 1. The first-order valence-electron chi connectivity index (χ1n) is 9.51. The van der Waals surface area contributed by atoms with Crippen molar-refractivity contribution in [1.82, 2.24) is 10.2 Å². The van der Waals surface area contributed by atoms with Crippen molar-refractivity contribution < 1.29 is 9.59 Å². The summed E-state index contributed by atoms with van der Waals surface area (Å²) in [5.74, 6) is 0.0627. The highest BCUT2D eigenvalue weighted by atomic mass is 32.2. The molecule has 0 spiro atoms. The monoisotopic (exact) mass is 380 g/mol. The fraction of sp³-hybridized carbons (Fsp3) is 0.364. The van der Waals surface area contributed by atoms with E-state index in [0.717, 1.165) is 31.5 Å². The Morgan fingerprint density at radius 1 is 1.15 bits per heavy atom. The third kappa shape index (κ3) is 4.03. The molecule has 27 heavy (non-hydrogen) atoms. The van der Waals surface area contributed by atoms with Crippen molar-refractivity contribution in [2.24, 2.45) is 0 Å². The number of amides is 2. The molecular formula is C22H24N2O2S. The topological polar surface area (TPSA) is 49.4 Å². The molecular weight excluding hydrogens is 356 g/mol. The predicted molar refractivity (Wildman–Crippen MR) is 108 cm³/mol. The summed E-state index contributed by atoms with van der Waals surface area (Å²) in [5, 5.41) is 3.50. The predicted octanol–water partition coefficient (Wildman–Crippen LogP) is 3.95. The summed E-state index contributed by atoms with van der Waals surface area (Å²) < 4.78 is 0. The van der Waals surface area contributed by atoms with Crippen LogP contribution in [0.5, 0.6) is 0 Å². The van der Waals surface area contributed by atoms with Crippen LogP contribution in [0.25, 0.3) is 0 Å². The smallest absolute Gasteiger partial charge is 0.252 e. The van der Waals surface area contributed by atoms with Gasteiger partial charge in [0.05, 0.1) is 12.5 Å². The van der Waals surface area contributed by atoms with E-state index in [0.29, 0.717) is 17.2 Å². The largest absolute Gasteiger partial charge is 0.345 e. The molecule has 2 aromatic rings. The lowest BCUT2D eigenvalue weighted by molar-refractivity contribution is -0.132. The van der Waals surface area contributed by atoms with Crippen molar-refractivity contribution in [3.8, 4) is 0 Å². The van der Waals surface area contributed by atoms with Crippen LogP contribution in [0.4, 0.5) is 0 Å². The molecule has 4 rings (SSSR count). The van der Waals surface area contributed by atoms with E-state index in [9.17, 15) is 9.59 Å². The van der Waals surface area contributed by atoms with Crippen LogP contribution >= 0.6 is 11.8 Å². The van der Waals surface area contributed by atoms with Crippen molar-refractivity contribution in [3.05, 3.63) is 65.2 Å². The number of carbonyl (C=O) groups excluding carboxylic acids is 2. The molecule has 2 aliphatic heterocycles. The number of rotatable bonds is 4. The zero-order chi connectivity index (χ0) is 18.8. The number of carbonyl (C=O) groups is 2. The maximum atomic E-state index is 12.7. The first-order valence-corrected chi connectivity index (χ1v) is 10.4. The van der Waals surface area contributed by atoms with Crippen molar-refractivity contribution in [2.45, 2.75) is 42.4 Å². The van der Waals surface area contributed by atoms with E-state index in [1.54, 1.807) is 0 Å². The SMILES string of the molecule is Cc1cccc(SC2CCN(C(=O)C[C@H]3NC(=O)c4ccccc43)CC2)c1. The van der Waals surface area contributed by atoms with E-state index in [2.05, 4.69) is 36.5 Å². The van der Waals surface area contributed by atoms with E-state index in [1.165, 1.54) is 10.5 Å². The lowest BCUT2D eigenvalue weighted by Crippen LogP contribution is -2.40. The summed E-state index contributed by atoms with van der Waals surface area (Å²) in [6, 6.07) is 16.0. The van der Waals surface area contributed by atoms with Crippen LogP contribution in [0.2, 0.25) is 0 Å². The fourth-order valence-electron chi connectivity index (χ4n) is 3.89. The summed E-state index contributed by atoms with van der Waals surface area (Å²) in [7, 11) is 0. The summed E-state index contributed by atoms with van der Waals surface area (Å²) in [4.78, 5) is 28.1. The van der Waals surface area contributed by atoms with Gasteiger partial charge in [-0.15, -0.1) is 11.8 Å². The van der Waals surface area contributed by atoms with Crippen molar-refractivity contribution >= 4 is 23.6 Å². The molecule has 0 saturated carbocycles. The molecule has 0 radical (unpaired) electrons. The Kier molecular flexibility index (Phi) is 5.21. The third-order valence-corrected chi connectivity index (χ3v) is 6.68. The molecule has 2 aromatic carbocycles. The molecule has 0 unspecified atom stereocenters. The normalized spacial score (nSPS) is 19.7. The highest BCUT2D eigenvalue weighted by Crippen LogP contribution is 2.32. The standard InChI is InChI=1S/C22H24N2O2S/c1-15-5-4-6-17(13-15)27-16-9-11-24(12-10-16)21(25)14-20-18-7-2-3-8-19(18)22(26)23-20/h2-8,13,16,20H,9-12,14H2,1H3,(H,23,26)/t20-/m1/s1. The number of piperidine rings is 1. The maximum Gasteiger partial charge on any atom is 0.252 e. The van der Waals surface area contributed by atoms with Crippen LogP contribution < -0.4 is 5.32 Å². The van der Waals surface area contributed by atoms with Crippen molar-refractivity contribution in [3.63, 3.8) is 0 Å². The average molecular weight is 381 g/mol. The molecule has 1 fully saturated rings. The second kappa shape index (κ2) is 7.77. The van der Waals surface area contributed by atoms with Gasteiger partial charge in [0.1, 0.15) is 0 Å². The van der Waals surface area contributed by atoms with Crippen LogP contribution in [0.1, 0.15) is 46.8 Å². The second-order valence-electron chi connectivity index (χ2n) is 7.33. The summed E-state index contributed by atoms with van der Waals surface area (Å²) in [5.41, 5.74) is 2.93. The number of nitrogens with zero attached hydrogens (tertiary/aromatic N) is 1. The minimum absolute atomic E-state index is 0.0725. The Morgan fingerprint density at radius 2 is 1.93 bits per heavy atom. The highest BCUT2D eigenvalue weighted by Gasteiger charge is 2.32. The molecule has 5 heteroatoms. The van der Waals surface area contributed by atoms with Gasteiger partial charge < -0.3 is 10.2 Å². The van der Waals surface area contributed by atoms with Crippen LogP contribution in [0.3, 0.4) is 0 Å². The highest BCUT2D eigenvalue weighted by molar-refractivity contribution is 8.00. The summed E-state index contributed by atoms with van der Waals surface area (Å²) >= 11 is 1.92. The van der Waals surface area contributed by atoms with Gasteiger partial charge in [-0.25, -0.2) is 0 Å². The Morgan fingerprint density at radius 3 is 2.70 bits per heavy atom. The van der Waals surface area contributed by atoms with Gasteiger partial charge >= 0.3 is 0 Å². The lowest BCUT2D eigenvalue weighted by Gasteiger charge is -2.32.